The van der Waals surface area contributed by atoms with E-state index in [1.807, 2.05) is 0 Å². The molecule has 12 N–H and O–H groups in total. The summed E-state index contributed by atoms with van der Waals surface area (Å²) in [7, 11) is 0. The standard InChI is InChI=1S/C27H30O18/c28-5-12-16(33)20(37)22(39)26(43-12)42-11-4-10-14(18(35)15(11)32)19(36)25(24(41-10)7-1-2-8(30)9(31)3-7)45-27-23(40)21(38)17(34)13(6-29)44-27/h1-4,12-13,16-17,20-23,26-35,37-40H,5-6H2. The van der Waals surface area contributed by atoms with Crippen molar-refractivity contribution in [2.24, 2.45) is 0 Å². The van der Waals surface area contributed by atoms with Crippen LogP contribution in [0.15, 0.2) is 33.5 Å². The summed E-state index contributed by atoms with van der Waals surface area (Å²) in [6.07, 6.45) is -17.7. The van der Waals surface area contributed by atoms with Crippen molar-refractivity contribution in [1.82, 2.24) is 0 Å². The summed E-state index contributed by atoms with van der Waals surface area (Å²) < 4.78 is 27.3. The lowest BCUT2D eigenvalue weighted by atomic mass is 9.99. The fourth-order valence-corrected chi connectivity index (χ4v) is 4.91. The first-order valence-corrected chi connectivity index (χ1v) is 13.3. The van der Waals surface area contributed by atoms with Gasteiger partial charge in [-0.25, -0.2) is 0 Å². The molecule has 2 aliphatic heterocycles. The fourth-order valence-electron chi connectivity index (χ4n) is 4.91. The molecule has 10 unspecified atom stereocenters. The van der Waals surface area contributed by atoms with Crippen molar-refractivity contribution >= 4 is 11.0 Å². The number of benzene rings is 2. The Kier molecular flexibility index (Phi) is 8.97. The number of hydrogen-bond acceptors (Lipinski definition) is 18. The zero-order valence-corrected chi connectivity index (χ0v) is 22.8. The Balaban J connectivity index is 1.64. The van der Waals surface area contributed by atoms with Crippen LogP contribution in [0.2, 0.25) is 0 Å². The van der Waals surface area contributed by atoms with Crippen LogP contribution in [-0.4, -0.2) is 136 Å². The van der Waals surface area contributed by atoms with Crippen LogP contribution in [0.5, 0.6) is 34.5 Å². The first-order chi connectivity index (χ1) is 21.3. The van der Waals surface area contributed by atoms with Crippen LogP contribution in [-0.2, 0) is 9.47 Å². The molecule has 0 spiro atoms. The number of ether oxygens (including phenoxy) is 4. The minimum atomic E-state index is -1.99. The maximum absolute atomic E-state index is 13.8. The Morgan fingerprint density at radius 3 is 1.76 bits per heavy atom. The maximum Gasteiger partial charge on any atom is 0.239 e. The Bertz CT molecular complexity index is 1600. The quantitative estimate of drug-likeness (QED) is 0.112. The second kappa shape index (κ2) is 12.4. The molecule has 0 bridgehead atoms. The van der Waals surface area contributed by atoms with Gasteiger partial charge in [-0.05, 0) is 18.2 Å². The summed E-state index contributed by atoms with van der Waals surface area (Å²) >= 11 is 0. The molecule has 1 aromatic heterocycles. The van der Waals surface area contributed by atoms with Gasteiger partial charge in [0, 0.05) is 11.6 Å². The van der Waals surface area contributed by atoms with Crippen molar-refractivity contribution in [3.8, 4) is 45.8 Å². The van der Waals surface area contributed by atoms with E-state index in [0.717, 1.165) is 18.2 Å². The molecule has 45 heavy (non-hydrogen) atoms. The monoisotopic (exact) mass is 642 g/mol. The van der Waals surface area contributed by atoms with Crippen molar-refractivity contribution < 1.29 is 84.6 Å². The number of phenolic OH excluding ortho intramolecular Hbond substituents is 4. The summed E-state index contributed by atoms with van der Waals surface area (Å²) in [5.41, 5.74) is -1.87. The maximum atomic E-state index is 13.8. The molecule has 3 heterocycles. The molecule has 0 amide bonds. The topological polar surface area (TPSA) is 310 Å². The van der Waals surface area contributed by atoms with Crippen LogP contribution < -0.4 is 14.9 Å². The summed E-state index contributed by atoms with van der Waals surface area (Å²) in [6, 6.07) is 4.01. The zero-order chi connectivity index (χ0) is 32.9. The lowest BCUT2D eigenvalue weighted by Crippen LogP contribution is -2.60. The number of aromatic hydroxyl groups is 4. The predicted octanol–water partition coefficient (Wildman–Crippen LogP) is -3.36. The van der Waals surface area contributed by atoms with Crippen LogP contribution in [0.3, 0.4) is 0 Å². The lowest BCUT2D eigenvalue weighted by molar-refractivity contribution is -0.277. The molecule has 0 radical (unpaired) electrons. The van der Waals surface area contributed by atoms with Crippen molar-refractivity contribution in [3.05, 3.63) is 34.5 Å². The van der Waals surface area contributed by atoms with E-state index in [-0.39, 0.29) is 5.56 Å². The average Bonchev–Trinajstić information content (AvgIpc) is 3.02. The van der Waals surface area contributed by atoms with Crippen LogP contribution in [0.4, 0.5) is 0 Å². The van der Waals surface area contributed by atoms with E-state index < -0.39 is 131 Å². The summed E-state index contributed by atoms with van der Waals surface area (Å²) in [5, 5.41) is 121. The van der Waals surface area contributed by atoms with Crippen molar-refractivity contribution in [2.45, 2.75) is 61.4 Å². The van der Waals surface area contributed by atoms with Gasteiger partial charge in [-0.1, -0.05) is 0 Å². The third kappa shape index (κ3) is 5.68. The number of rotatable bonds is 7. The fraction of sp³-hybridized carbons (Fsp3) is 0.444. The van der Waals surface area contributed by atoms with E-state index in [0.29, 0.717) is 0 Å². The molecule has 10 atom stereocenters. The smallest absolute Gasteiger partial charge is 0.239 e. The summed E-state index contributed by atoms with van der Waals surface area (Å²) in [5.74, 6) is -5.50. The van der Waals surface area contributed by atoms with E-state index in [9.17, 15) is 66.1 Å². The second-order valence-corrected chi connectivity index (χ2v) is 10.4. The van der Waals surface area contributed by atoms with Gasteiger partial charge in [0.05, 0.1) is 13.2 Å². The van der Waals surface area contributed by atoms with Gasteiger partial charge in [0.2, 0.25) is 29.5 Å². The molecule has 2 aromatic carbocycles. The Hall–Kier alpha value is -3.95. The molecule has 5 rings (SSSR count). The van der Waals surface area contributed by atoms with Crippen LogP contribution in [0, 0.1) is 0 Å². The number of hydrogen-bond donors (Lipinski definition) is 12. The molecule has 0 aliphatic carbocycles. The largest absolute Gasteiger partial charge is 0.504 e. The van der Waals surface area contributed by atoms with Crippen LogP contribution in [0.25, 0.3) is 22.3 Å². The second-order valence-electron chi connectivity index (χ2n) is 10.4. The normalized spacial score (nSPS) is 32.0. The molecule has 246 valence electrons. The minimum Gasteiger partial charge on any atom is -0.504 e. The molecule has 2 fully saturated rings. The zero-order valence-electron chi connectivity index (χ0n) is 22.8. The van der Waals surface area contributed by atoms with Gasteiger partial charge in [-0.2, -0.15) is 0 Å². The summed E-state index contributed by atoms with van der Waals surface area (Å²) in [6.45, 7) is -1.63. The van der Waals surface area contributed by atoms with Crippen LogP contribution >= 0.6 is 0 Å². The Morgan fingerprint density at radius 1 is 0.667 bits per heavy atom. The van der Waals surface area contributed by atoms with E-state index in [1.54, 1.807) is 0 Å². The van der Waals surface area contributed by atoms with E-state index in [4.69, 9.17) is 23.4 Å². The molecule has 18 heteroatoms. The van der Waals surface area contributed by atoms with Crippen LogP contribution in [0.1, 0.15) is 0 Å². The average molecular weight is 643 g/mol. The molecule has 2 saturated heterocycles. The van der Waals surface area contributed by atoms with Crippen molar-refractivity contribution in [2.75, 3.05) is 13.2 Å². The molecule has 3 aromatic rings. The highest BCUT2D eigenvalue weighted by atomic mass is 16.7. The number of aliphatic hydroxyl groups excluding tert-OH is 8. The molecule has 0 saturated carbocycles. The van der Waals surface area contributed by atoms with Gasteiger partial charge in [0.15, 0.2) is 28.8 Å². The Labute approximate surface area is 250 Å². The van der Waals surface area contributed by atoms with Gasteiger partial charge in [0.1, 0.15) is 59.8 Å². The molecule has 18 nitrogen and oxygen atoms in total. The third-order valence-electron chi connectivity index (χ3n) is 7.47. The number of fused-ring (bicyclic) bond motifs is 1. The van der Waals surface area contributed by atoms with Crippen molar-refractivity contribution in [3.63, 3.8) is 0 Å². The van der Waals surface area contributed by atoms with E-state index in [2.05, 4.69) is 0 Å². The molecular formula is C27H30O18. The van der Waals surface area contributed by atoms with Gasteiger partial charge in [-0.15, -0.1) is 0 Å². The van der Waals surface area contributed by atoms with Crippen molar-refractivity contribution in [1.29, 1.82) is 0 Å². The van der Waals surface area contributed by atoms with Gasteiger partial charge in [-0.3, -0.25) is 4.79 Å². The minimum absolute atomic E-state index is 0.132. The summed E-state index contributed by atoms with van der Waals surface area (Å²) in [4.78, 5) is 13.8. The highest BCUT2D eigenvalue weighted by molar-refractivity contribution is 5.91. The number of phenols is 4. The molecule has 2 aliphatic rings. The SMILES string of the molecule is O=c1c(OC2OC(CO)C(O)C(O)C2O)c(-c2ccc(O)c(O)c2)oc2cc(OC3OC(CO)C(O)C(O)C3O)c(O)c(O)c12. The van der Waals surface area contributed by atoms with E-state index >= 15 is 0 Å². The highest BCUT2D eigenvalue weighted by Crippen LogP contribution is 2.45. The van der Waals surface area contributed by atoms with Gasteiger partial charge >= 0.3 is 0 Å². The van der Waals surface area contributed by atoms with Gasteiger partial charge < -0.3 is 84.6 Å². The third-order valence-corrected chi connectivity index (χ3v) is 7.47. The highest BCUT2D eigenvalue weighted by Gasteiger charge is 2.46. The first-order valence-electron chi connectivity index (χ1n) is 13.3. The predicted molar refractivity (Wildman–Crippen MR) is 143 cm³/mol. The van der Waals surface area contributed by atoms with E-state index in [1.165, 1.54) is 6.07 Å². The first kappa shape index (κ1) is 32.4. The molecular weight excluding hydrogens is 612 g/mol. The number of aliphatic hydroxyl groups is 8. The Morgan fingerprint density at radius 2 is 1.22 bits per heavy atom. The van der Waals surface area contributed by atoms with Gasteiger partial charge in [0.25, 0.3) is 0 Å². The lowest BCUT2D eigenvalue weighted by Gasteiger charge is -2.39.